The second-order valence-electron chi connectivity index (χ2n) is 10.7. The molecule has 0 radical (unpaired) electrons. The third kappa shape index (κ3) is 4.71. The van der Waals surface area contributed by atoms with Gasteiger partial charge in [0.1, 0.15) is 5.82 Å². The monoisotopic (exact) mass is 498 g/mol. The number of aromatic nitrogens is 2. The molecule has 2 saturated heterocycles. The Labute approximate surface area is 211 Å². The van der Waals surface area contributed by atoms with Crippen molar-refractivity contribution in [1.82, 2.24) is 24.9 Å². The Kier molecular flexibility index (Phi) is 6.74. The highest BCUT2D eigenvalue weighted by molar-refractivity contribution is 6.04. The number of ether oxygens (including phenoxy) is 1. The molecule has 2 aromatic rings. The molecule has 0 bridgehead atoms. The lowest BCUT2D eigenvalue weighted by molar-refractivity contribution is 0.0290. The largest absolute Gasteiger partial charge is 0.381 e. The number of hydrogen-bond acceptors (Lipinski definition) is 5. The summed E-state index contributed by atoms with van der Waals surface area (Å²) in [5.74, 6) is 0.298. The molecule has 1 atom stereocenters. The number of nitrogens with one attached hydrogen (secondary N) is 2. The third-order valence-corrected chi connectivity index (χ3v) is 7.85. The van der Waals surface area contributed by atoms with E-state index >= 15 is 0 Å². The van der Waals surface area contributed by atoms with Crippen LogP contribution in [0.15, 0.2) is 24.3 Å². The maximum absolute atomic E-state index is 13.7. The van der Waals surface area contributed by atoms with Crippen molar-refractivity contribution >= 4 is 17.8 Å². The smallest absolute Gasteiger partial charge is 0.321 e. The number of benzene rings is 1. The molecule has 1 aromatic carbocycles. The first-order chi connectivity index (χ1) is 17.2. The van der Waals surface area contributed by atoms with Crippen molar-refractivity contribution in [3.05, 3.63) is 46.9 Å². The maximum atomic E-state index is 13.7. The van der Waals surface area contributed by atoms with Crippen LogP contribution in [0.25, 0.3) is 0 Å². The van der Waals surface area contributed by atoms with Crippen LogP contribution in [0.4, 0.5) is 15.0 Å². The molecule has 0 saturated carbocycles. The van der Waals surface area contributed by atoms with Gasteiger partial charge in [-0.3, -0.25) is 14.8 Å². The van der Waals surface area contributed by atoms with Crippen LogP contribution in [0.5, 0.6) is 0 Å². The van der Waals surface area contributed by atoms with Gasteiger partial charge in [0.2, 0.25) is 0 Å². The quantitative estimate of drug-likeness (QED) is 0.674. The van der Waals surface area contributed by atoms with Crippen LogP contribution < -0.4 is 5.32 Å². The summed E-state index contributed by atoms with van der Waals surface area (Å²) >= 11 is 0. The Morgan fingerprint density at radius 3 is 2.61 bits per heavy atom. The van der Waals surface area contributed by atoms with E-state index in [1.54, 1.807) is 0 Å². The normalized spacial score (nSPS) is 22.5. The molecule has 0 aliphatic carbocycles. The van der Waals surface area contributed by atoms with Gasteiger partial charge in [-0.25, -0.2) is 9.18 Å². The van der Waals surface area contributed by atoms with E-state index in [2.05, 4.69) is 27.3 Å². The van der Waals surface area contributed by atoms with Crippen LogP contribution in [0.3, 0.4) is 0 Å². The highest BCUT2D eigenvalue weighted by Gasteiger charge is 2.46. The van der Waals surface area contributed by atoms with Crippen LogP contribution in [-0.2, 0) is 16.8 Å². The summed E-state index contributed by atoms with van der Waals surface area (Å²) in [4.78, 5) is 32.7. The summed E-state index contributed by atoms with van der Waals surface area (Å²) in [6.07, 6.45) is 2.22. The van der Waals surface area contributed by atoms with Gasteiger partial charge in [-0.05, 0) is 63.8 Å². The highest BCUT2D eigenvalue weighted by atomic mass is 19.1. The van der Waals surface area contributed by atoms with Crippen LogP contribution >= 0.6 is 0 Å². The van der Waals surface area contributed by atoms with Gasteiger partial charge in [-0.15, -0.1) is 0 Å². The predicted octanol–water partition coefficient (Wildman–Crippen LogP) is 3.40. The number of hydrogen-bond donors (Lipinski definition) is 2. The van der Waals surface area contributed by atoms with E-state index in [0.717, 1.165) is 56.9 Å². The second kappa shape index (κ2) is 9.82. The standard InChI is InChI=1S/C26H35FN6O3/c1-17-14-31(15-18-8-12-36-13-9-18)10-11-32(17)25(35)33-16-21-22(26(33,2)3)29-30-23(21)28-24(34)19-4-6-20(27)7-5-19/h4-7,17-18H,8-16H2,1-3H3,(H2,28,29,30,34)/t17-/m0/s1. The van der Waals surface area contributed by atoms with Crippen LogP contribution in [0, 0.1) is 11.7 Å². The number of piperazine rings is 1. The Morgan fingerprint density at radius 1 is 1.19 bits per heavy atom. The summed E-state index contributed by atoms with van der Waals surface area (Å²) < 4.78 is 18.7. The number of carbonyl (C=O) groups excluding carboxylic acids is 2. The van der Waals surface area contributed by atoms with E-state index in [4.69, 9.17) is 4.74 Å². The molecule has 3 aliphatic rings. The summed E-state index contributed by atoms with van der Waals surface area (Å²) in [6, 6.07) is 5.46. The van der Waals surface area contributed by atoms with E-state index in [1.807, 2.05) is 23.6 Å². The van der Waals surface area contributed by atoms with Gasteiger partial charge in [0.15, 0.2) is 5.82 Å². The Hall–Kier alpha value is -2.98. The number of halogens is 1. The number of urea groups is 1. The maximum Gasteiger partial charge on any atom is 0.321 e. The van der Waals surface area contributed by atoms with Crippen molar-refractivity contribution < 1.29 is 18.7 Å². The van der Waals surface area contributed by atoms with Crippen molar-refractivity contribution in [1.29, 1.82) is 0 Å². The molecule has 9 nitrogen and oxygen atoms in total. The number of nitrogens with zero attached hydrogens (tertiary/aromatic N) is 4. The van der Waals surface area contributed by atoms with Crippen LogP contribution in [-0.4, -0.2) is 82.3 Å². The fourth-order valence-electron chi connectivity index (χ4n) is 5.64. The first-order valence-electron chi connectivity index (χ1n) is 12.8. The summed E-state index contributed by atoms with van der Waals surface area (Å²) in [6.45, 7) is 11.6. The average molecular weight is 499 g/mol. The average Bonchev–Trinajstić information content (AvgIpc) is 3.37. The zero-order chi connectivity index (χ0) is 25.4. The summed E-state index contributed by atoms with van der Waals surface area (Å²) in [5, 5.41) is 10.2. The minimum Gasteiger partial charge on any atom is -0.381 e. The lowest BCUT2D eigenvalue weighted by atomic mass is 9.99. The minimum absolute atomic E-state index is 0.00127. The fraction of sp³-hybridized carbons (Fsp3) is 0.577. The van der Waals surface area contributed by atoms with Crippen molar-refractivity contribution in [3.8, 4) is 0 Å². The van der Waals surface area contributed by atoms with Crippen LogP contribution in [0.2, 0.25) is 0 Å². The second-order valence-corrected chi connectivity index (χ2v) is 10.7. The Bertz CT molecular complexity index is 1110. The molecule has 36 heavy (non-hydrogen) atoms. The molecular formula is C26H35FN6O3. The van der Waals surface area contributed by atoms with Crippen molar-refractivity contribution in [2.24, 2.45) is 5.92 Å². The number of amides is 3. The Morgan fingerprint density at radius 2 is 1.92 bits per heavy atom. The van der Waals surface area contributed by atoms with Gasteiger partial charge in [0.25, 0.3) is 5.91 Å². The SMILES string of the molecule is C[C@H]1CN(CC2CCOCC2)CCN1C(=O)N1Cc2c(NC(=O)c3ccc(F)cc3)n[nH]c2C1(C)C. The third-order valence-electron chi connectivity index (χ3n) is 7.85. The molecule has 5 rings (SSSR count). The number of rotatable bonds is 4. The summed E-state index contributed by atoms with van der Waals surface area (Å²) in [5.41, 5.74) is 1.36. The fourth-order valence-corrected chi connectivity index (χ4v) is 5.64. The van der Waals surface area contributed by atoms with Gasteiger partial charge >= 0.3 is 6.03 Å². The van der Waals surface area contributed by atoms with Gasteiger partial charge in [0, 0.05) is 56.6 Å². The van der Waals surface area contributed by atoms with Crippen molar-refractivity contribution in [2.75, 3.05) is 44.7 Å². The molecule has 194 valence electrons. The zero-order valence-corrected chi connectivity index (χ0v) is 21.2. The lowest BCUT2D eigenvalue weighted by Crippen LogP contribution is -2.59. The first-order valence-corrected chi connectivity index (χ1v) is 12.8. The van der Waals surface area contributed by atoms with Crippen molar-refractivity contribution in [2.45, 2.75) is 51.7 Å². The van der Waals surface area contributed by atoms with Gasteiger partial charge in [-0.1, -0.05) is 0 Å². The molecule has 1 aromatic heterocycles. The first kappa shape index (κ1) is 24.7. The minimum atomic E-state index is -0.600. The van der Waals surface area contributed by atoms with E-state index in [0.29, 0.717) is 30.4 Å². The molecule has 4 heterocycles. The number of H-pyrrole nitrogens is 1. The van der Waals surface area contributed by atoms with E-state index in [1.165, 1.54) is 24.3 Å². The molecule has 0 spiro atoms. The number of aromatic amines is 1. The summed E-state index contributed by atoms with van der Waals surface area (Å²) in [7, 11) is 0. The van der Waals surface area contributed by atoms with E-state index in [9.17, 15) is 14.0 Å². The molecule has 2 N–H and O–H groups in total. The molecule has 0 unspecified atom stereocenters. The number of carbonyl (C=O) groups is 2. The Balaban J connectivity index is 1.24. The number of anilines is 1. The lowest BCUT2D eigenvalue weighted by Gasteiger charge is -2.44. The van der Waals surface area contributed by atoms with Crippen LogP contribution in [0.1, 0.15) is 55.2 Å². The van der Waals surface area contributed by atoms with Gasteiger partial charge in [0.05, 0.1) is 17.8 Å². The predicted molar refractivity (Wildman–Crippen MR) is 133 cm³/mol. The van der Waals surface area contributed by atoms with Gasteiger partial charge < -0.3 is 19.9 Å². The number of fused-ring (bicyclic) bond motifs is 1. The zero-order valence-electron chi connectivity index (χ0n) is 21.2. The molecule has 3 amide bonds. The van der Waals surface area contributed by atoms with Crippen molar-refractivity contribution in [3.63, 3.8) is 0 Å². The molecule has 10 heteroatoms. The molecular weight excluding hydrogens is 463 g/mol. The van der Waals surface area contributed by atoms with E-state index in [-0.39, 0.29) is 18.0 Å². The molecule has 3 aliphatic heterocycles. The van der Waals surface area contributed by atoms with Gasteiger partial charge in [-0.2, -0.15) is 5.10 Å². The highest BCUT2D eigenvalue weighted by Crippen LogP contribution is 2.41. The molecule has 2 fully saturated rings. The topological polar surface area (TPSA) is 93.8 Å². The van der Waals surface area contributed by atoms with E-state index < -0.39 is 11.4 Å².